The van der Waals surface area contributed by atoms with Crippen LogP contribution in [0.1, 0.15) is 33.9 Å². The summed E-state index contributed by atoms with van der Waals surface area (Å²) in [4.78, 5) is 24.3. The minimum atomic E-state index is -4.41. The summed E-state index contributed by atoms with van der Waals surface area (Å²) in [7, 11) is 0. The molecule has 0 aliphatic carbocycles. The lowest BCUT2D eigenvalue weighted by Crippen LogP contribution is -2.30. The van der Waals surface area contributed by atoms with Gasteiger partial charge in [0.25, 0.3) is 5.91 Å². The molecule has 0 saturated carbocycles. The number of benzene rings is 4. The van der Waals surface area contributed by atoms with Crippen molar-refractivity contribution in [3.05, 3.63) is 120 Å². The molecule has 0 aromatic heterocycles. The van der Waals surface area contributed by atoms with Gasteiger partial charge in [-0.05, 0) is 52.1 Å². The van der Waals surface area contributed by atoms with Crippen molar-refractivity contribution in [3.8, 4) is 22.3 Å². The number of alkyl halides is 3. The number of hydrogen-bond acceptors (Lipinski definition) is 2. The maximum Gasteiger partial charge on any atom is 0.416 e. The van der Waals surface area contributed by atoms with Crippen LogP contribution in [0.3, 0.4) is 0 Å². The molecule has 1 atom stereocenters. The van der Waals surface area contributed by atoms with E-state index in [0.29, 0.717) is 22.3 Å². The highest BCUT2D eigenvalue weighted by Gasteiger charge is 2.30. The van der Waals surface area contributed by atoms with Gasteiger partial charge in [0.2, 0.25) is 0 Å². The van der Waals surface area contributed by atoms with Crippen LogP contribution in [0.25, 0.3) is 22.3 Å². The molecule has 36 heavy (non-hydrogen) atoms. The molecular formula is C29H22F3NO3. The Morgan fingerprint density at radius 2 is 1.17 bits per heavy atom. The summed E-state index contributed by atoms with van der Waals surface area (Å²) in [6.45, 7) is 0. The molecule has 0 bridgehead atoms. The maximum absolute atomic E-state index is 12.9. The van der Waals surface area contributed by atoms with E-state index in [4.69, 9.17) is 0 Å². The minimum Gasteiger partial charge on any atom is -0.481 e. The van der Waals surface area contributed by atoms with Crippen LogP contribution in [0.15, 0.2) is 103 Å². The monoisotopic (exact) mass is 489 g/mol. The Morgan fingerprint density at radius 1 is 0.694 bits per heavy atom. The average Bonchev–Trinajstić information content (AvgIpc) is 2.88. The summed E-state index contributed by atoms with van der Waals surface area (Å²) >= 11 is 0. The number of nitrogens with one attached hydrogen (secondary N) is 1. The molecule has 4 rings (SSSR count). The van der Waals surface area contributed by atoms with Crippen LogP contribution >= 0.6 is 0 Å². The second-order valence-corrected chi connectivity index (χ2v) is 8.26. The Kier molecular flexibility index (Phi) is 7.20. The third kappa shape index (κ3) is 5.99. The van der Waals surface area contributed by atoms with Crippen LogP contribution in [-0.2, 0) is 11.0 Å². The van der Waals surface area contributed by atoms with E-state index in [-0.39, 0.29) is 6.42 Å². The first-order valence-electron chi connectivity index (χ1n) is 11.2. The van der Waals surface area contributed by atoms with Crippen molar-refractivity contribution in [2.24, 2.45) is 0 Å². The van der Waals surface area contributed by atoms with Crippen molar-refractivity contribution in [2.45, 2.75) is 18.6 Å². The number of carboxylic acid groups (broad SMARTS) is 1. The molecule has 4 aromatic rings. The first kappa shape index (κ1) is 24.7. The van der Waals surface area contributed by atoms with Gasteiger partial charge in [-0.2, -0.15) is 13.2 Å². The van der Waals surface area contributed by atoms with E-state index in [1.807, 2.05) is 42.5 Å². The van der Waals surface area contributed by atoms with Crippen LogP contribution in [0, 0.1) is 0 Å². The van der Waals surface area contributed by atoms with Gasteiger partial charge in [-0.15, -0.1) is 0 Å². The van der Waals surface area contributed by atoms with E-state index in [0.717, 1.165) is 23.3 Å². The standard InChI is InChI=1S/C29H22F3NO3/c30-29(31,32)25-16-14-22(15-17-25)21-8-12-24(13-9-21)28(36)33-26(18-27(34)35)23-10-6-20(7-11-23)19-4-2-1-3-5-19/h1-17,26H,18H2,(H,33,36)(H,34,35). The fourth-order valence-corrected chi connectivity index (χ4v) is 3.87. The Balaban J connectivity index is 1.49. The van der Waals surface area contributed by atoms with Gasteiger partial charge in [-0.3, -0.25) is 9.59 Å². The Morgan fingerprint density at radius 3 is 1.67 bits per heavy atom. The Labute approximate surface area is 206 Å². The zero-order valence-corrected chi connectivity index (χ0v) is 19.0. The van der Waals surface area contributed by atoms with Gasteiger partial charge < -0.3 is 10.4 Å². The normalized spacial score (nSPS) is 12.1. The van der Waals surface area contributed by atoms with Crippen LogP contribution in [-0.4, -0.2) is 17.0 Å². The molecule has 0 spiro atoms. The lowest BCUT2D eigenvalue weighted by molar-refractivity contribution is -0.138. The Hall–Kier alpha value is -4.39. The van der Waals surface area contributed by atoms with Crippen molar-refractivity contribution in [3.63, 3.8) is 0 Å². The zero-order chi connectivity index (χ0) is 25.7. The molecule has 7 heteroatoms. The molecule has 182 valence electrons. The Bertz CT molecular complexity index is 1330. The zero-order valence-electron chi connectivity index (χ0n) is 19.0. The van der Waals surface area contributed by atoms with Crippen LogP contribution in [0.5, 0.6) is 0 Å². The average molecular weight is 489 g/mol. The summed E-state index contributed by atoms with van der Waals surface area (Å²) in [6.07, 6.45) is -4.70. The minimum absolute atomic E-state index is 0.292. The summed E-state index contributed by atoms with van der Waals surface area (Å²) in [5.74, 6) is -1.50. The highest BCUT2D eigenvalue weighted by Crippen LogP contribution is 2.31. The molecule has 0 heterocycles. The molecular weight excluding hydrogens is 467 g/mol. The highest BCUT2D eigenvalue weighted by molar-refractivity contribution is 5.95. The number of carbonyl (C=O) groups is 2. The number of carbonyl (C=O) groups excluding carboxylic acids is 1. The molecule has 1 unspecified atom stereocenters. The molecule has 4 nitrogen and oxygen atoms in total. The summed E-state index contributed by atoms with van der Waals surface area (Å²) in [5, 5.41) is 12.2. The smallest absolute Gasteiger partial charge is 0.416 e. The number of hydrogen-bond donors (Lipinski definition) is 2. The lowest BCUT2D eigenvalue weighted by Gasteiger charge is -2.18. The SMILES string of the molecule is O=C(O)CC(NC(=O)c1ccc(-c2ccc(C(F)(F)F)cc2)cc1)c1ccc(-c2ccccc2)cc1. The van der Waals surface area contributed by atoms with Crippen molar-refractivity contribution >= 4 is 11.9 Å². The fourth-order valence-electron chi connectivity index (χ4n) is 3.87. The lowest BCUT2D eigenvalue weighted by atomic mass is 9.98. The number of rotatable bonds is 7. The molecule has 0 radical (unpaired) electrons. The van der Waals surface area contributed by atoms with Crippen molar-refractivity contribution in [1.29, 1.82) is 0 Å². The number of halogens is 3. The molecule has 0 aliphatic heterocycles. The van der Waals surface area contributed by atoms with Gasteiger partial charge in [-0.1, -0.05) is 78.9 Å². The van der Waals surface area contributed by atoms with Gasteiger partial charge in [-0.25, -0.2) is 0 Å². The first-order chi connectivity index (χ1) is 17.2. The second-order valence-electron chi connectivity index (χ2n) is 8.26. The third-order valence-electron chi connectivity index (χ3n) is 5.80. The van der Waals surface area contributed by atoms with Crippen LogP contribution in [0.2, 0.25) is 0 Å². The van der Waals surface area contributed by atoms with Gasteiger partial charge in [0.05, 0.1) is 18.0 Å². The summed E-state index contributed by atoms with van der Waals surface area (Å²) in [6, 6.07) is 27.5. The van der Waals surface area contributed by atoms with E-state index < -0.39 is 29.7 Å². The third-order valence-corrected chi connectivity index (χ3v) is 5.80. The second kappa shape index (κ2) is 10.5. The van der Waals surface area contributed by atoms with E-state index in [9.17, 15) is 27.9 Å². The van der Waals surface area contributed by atoms with Gasteiger partial charge in [0, 0.05) is 5.56 Å². The number of amides is 1. The molecule has 2 N–H and O–H groups in total. The van der Waals surface area contributed by atoms with E-state index in [1.54, 1.807) is 36.4 Å². The predicted octanol–water partition coefficient (Wildman–Crippen LogP) is 6.99. The van der Waals surface area contributed by atoms with E-state index >= 15 is 0 Å². The fraction of sp³-hybridized carbons (Fsp3) is 0.103. The topological polar surface area (TPSA) is 66.4 Å². The number of aliphatic carboxylic acids is 1. The molecule has 0 saturated heterocycles. The quantitative estimate of drug-likeness (QED) is 0.294. The van der Waals surface area contributed by atoms with E-state index in [2.05, 4.69) is 5.32 Å². The number of carboxylic acids is 1. The van der Waals surface area contributed by atoms with Gasteiger partial charge >= 0.3 is 12.1 Å². The molecule has 0 aliphatic rings. The van der Waals surface area contributed by atoms with Crippen LogP contribution in [0.4, 0.5) is 13.2 Å². The predicted molar refractivity (Wildman–Crippen MR) is 131 cm³/mol. The summed E-state index contributed by atoms with van der Waals surface area (Å²) in [5.41, 5.74) is 3.46. The van der Waals surface area contributed by atoms with E-state index in [1.165, 1.54) is 12.1 Å². The van der Waals surface area contributed by atoms with Crippen LogP contribution < -0.4 is 5.32 Å². The first-order valence-corrected chi connectivity index (χ1v) is 11.2. The molecule has 4 aromatic carbocycles. The summed E-state index contributed by atoms with van der Waals surface area (Å²) < 4.78 is 38.4. The highest BCUT2D eigenvalue weighted by atomic mass is 19.4. The largest absolute Gasteiger partial charge is 0.481 e. The maximum atomic E-state index is 12.9. The van der Waals surface area contributed by atoms with Gasteiger partial charge in [0.1, 0.15) is 0 Å². The van der Waals surface area contributed by atoms with Crippen molar-refractivity contribution in [1.82, 2.24) is 5.32 Å². The molecule has 0 fully saturated rings. The van der Waals surface area contributed by atoms with Crippen molar-refractivity contribution < 1.29 is 27.9 Å². The molecule has 1 amide bonds. The van der Waals surface area contributed by atoms with Crippen molar-refractivity contribution in [2.75, 3.05) is 0 Å². The van der Waals surface area contributed by atoms with Gasteiger partial charge in [0.15, 0.2) is 0 Å².